The Bertz CT molecular complexity index is 1220. The van der Waals surface area contributed by atoms with Crippen molar-refractivity contribution in [3.8, 4) is 22.5 Å². The van der Waals surface area contributed by atoms with Crippen molar-refractivity contribution in [2.75, 3.05) is 0 Å². The van der Waals surface area contributed by atoms with E-state index in [0.717, 1.165) is 44.4 Å². The maximum atomic E-state index is 6.49. The van der Waals surface area contributed by atoms with Crippen LogP contribution in [0.2, 0.25) is 0 Å². The molecule has 1 aliphatic heterocycles. The van der Waals surface area contributed by atoms with Crippen LogP contribution in [0, 0.1) is 6.92 Å². The number of hydrogen-bond donors (Lipinski definition) is 0. The Labute approximate surface area is 184 Å². The van der Waals surface area contributed by atoms with Crippen molar-refractivity contribution in [1.29, 1.82) is 0 Å². The summed E-state index contributed by atoms with van der Waals surface area (Å²) in [4.78, 5) is 0. The van der Waals surface area contributed by atoms with Crippen molar-refractivity contribution < 1.29 is 13.7 Å². The van der Waals surface area contributed by atoms with Gasteiger partial charge in [-0.15, -0.1) is 0 Å². The highest BCUT2D eigenvalue weighted by molar-refractivity contribution is 6.62. The fourth-order valence-corrected chi connectivity index (χ4v) is 4.15. The second-order valence-corrected chi connectivity index (χ2v) is 9.32. The minimum Gasteiger partial charge on any atom is -0.455 e. The molecule has 0 N–H and O–H groups in total. The van der Waals surface area contributed by atoms with Crippen molar-refractivity contribution in [3.05, 3.63) is 78.4 Å². The van der Waals surface area contributed by atoms with Crippen molar-refractivity contribution >= 4 is 23.6 Å². The van der Waals surface area contributed by atoms with E-state index < -0.39 is 7.12 Å². The van der Waals surface area contributed by atoms with E-state index in [-0.39, 0.29) is 11.2 Å². The van der Waals surface area contributed by atoms with Gasteiger partial charge in [-0.2, -0.15) is 0 Å². The summed E-state index contributed by atoms with van der Waals surface area (Å²) in [6.45, 7) is 10.5. The van der Waals surface area contributed by atoms with Gasteiger partial charge in [0.1, 0.15) is 11.3 Å². The first-order valence-electron chi connectivity index (χ1n) is 10.8. The molecule has 0 radical (unpaired) electrons. The topological polar surface area (TPSA) is 31.6 Å². The van der Waals surface area contributed by atoms with Crippen LogP contribution in [0.15, 0.2) is 77.2 Å². The van der Waals surface area contributed by atoms with Crippen molar-refractivity contribution in [2.24, 2.45) is 0 Å². The molecule has 0 atom stereocenters. The predicted molar refractivity (Wildman–Crippen MR) is 128 cm³/mol. The first-order valence-corrected chi connectivity index (χ1v) is 10.8. The normalized spacial score (nSPS) is 17.4. The second kappa shape index (κ2) is 7.11. The third-order valence-electron chi connectivity index (χ3n) is 6.71. The molecule has 1 aliphatic rings. The van der Waals surface area contributed by atoms with Crippen LogP contribution in [0.1, 0.15) is 33.3 Å². The number of furan rings is 1. The molecule has 31 heavy (non-hydrogen) atoms. The molecule has 0 aliphatic carbocycles. The summed E-state index contributed by atoms with van der Waals surface area (Å²) in [6.07, 6.45) is 0. The van der Waals surface area contributed by atoms with E-state index in [1.54, 1.807) is 0 Å². The van der Waals surface area contributed by atoms with E-state index in [2.05, 4.69) is 83.1 Å². The molecule has 156 valence electrons. The summed E-state index contributed by atoms with van der Waals surface area (Å²) in [5.74, 6) is 0.902. The highest BCUT2D eigenvalue weighted by atomic mass is 16.7. The van der Waals surface area contributed by atoms with Crippen molar-refractivity contribution in [3.63, 3.8) is 0 Å². The molecule has 1 aromatic heterocycles. The summed E-state index contributed by atoms with van der Waals surface area (Å²) in [5, 5.41) is 1.09. The lowest BCUT2D eigenvalue weighted by Gasteiger charge is -2.32. The Balaban J connectivity index is 1.73. The molecular weight excluding hydrogens is 383 g/mol. The number of hydrogen-bond acceptors (Lipinski definition) is 3. The molecule has 0 bridgehead atoms. The average Bonchev–Trinajstić information content (AvgIpc) is 3.21. The first-order chi connectivity index (χ1) is 14.8. The summed E-state index contributed by atoms with van der Waals surface area (Å²) in [6, 6.07) is 24.9. The third kappa shape index (κ3) is 3.31. The van der Waals surface area contributed by atoms with Crippen LogP contribution in [0.5, 0.6) is 0 Å². The SMILES string of the molecule is Cc1c(-c2ccccc2)oc2c(-c3ccccc3)cc(B3OC(C)(C)C(C)(C)O3)cc12. The standard InChI is InChI=1S/C27H27BO3/c1-18-22-16-21(28-30-26(2,3)27(4,5)31-28)17-23(19-12-8-6-9-13-19)25(22)29-24(18)20-14-10-7-11-15-20/h6-17H,1-5H3. The molecule has 1 saturated heterocycles. The molecule has 0 saturated carbocycles. The van der Waals surface area contributed by atoms with E-state index >= 15 is 0 Å². The minimum atomic E-state index is -0.425. The van der Waals surface area contributed by atoms with Gasteiger partial charge in [-0.25, -0.2) is 0 Å². The number of fused-ring (bicyclic) bond motifs is 1. The Hall–Kier alpha value is -2.82. The monoisotopic (exact) mass is 410 g/mol. The summed E-state index contributed by atoms with van der Waals surface area (Å²) >= 11 is 0. The van der Waals surface area contributed by atoms with Gasteiger partial charge in [0.05, 0.1) is 11.2 Å². The van der Waals surface area contributed by atoms with Gasteiger partial charge in [0.25, 0.3) is 0 Å². The lowest BCUT2D eigenvalue weighted by atomic mass is 9.77. The highest BCUT2D eigenvalue weighted by Gasteiger charge is 2.51. The molecule has 5 rings (SSSR count). The zero-order valence-electron chi connectivity index (χ0n) is 18.7. The summed E-state index contributed by atoms with van der Waals surface area (Å²) in [5.41, 5.74) is 5.48. The Morgan fingerprint density at radius 3 is 1.84 bits per heavy atom. The van der Waals surface area contributed by atoms with Crippen LogP contribution in [0.25, 0.3) is 33.4 Å². The molecule has 4 heteroatoms. The molecule has 0 spiro atoms. The number of rotatable bonds is 3. The lowest BCUT2D eigenvalue weighted by Crippen LogP contribution is -2.41. The maximum absolute atomic E-state index is 6.49. The van der Waals surface area contributed by atoms with E-state index in [1.165, 1.54) is 0 Å². The van der Waals surface area contributed by atoms with E-state index in [4.69, 9.17) is 13.7 Å². The van der Waals surface area contributed by atoms with Gasteiger partial charge in [-0.1, -0.05) is 72.8 Å². The summed E-state index contributed by atoms with van der Waals surface area (Å²) < 4.78 is 19.2. The van der Waals surface area contributed by atoms with Crippen molar-refractivity contribution in [1.82, 2.24) is 0 Å². The molecular formula is C27H27BO3. The highest BCUT2D eigenvalue weighted by Crippen LogP contribution is 2.40. The van der Waals surface area contributed by atoms with E-state index in [1.807, 2.05) is 24.3 Å². The van der Waals surface area contributed by atoms with Crippen LogP contribution in [0.4, 0.5) is 0 Å². The quantitative estimate of drug-likeness (QED) is 0.368. The van der Waals surface area contributed by atoms with Crippen LogP contribution in [-0.2, 0) is 9.31 Å². The molecule has 3 nitrogen and oxygen atoms in total. The lowest BCUT2D eigenvalue weighted by molar-refractivity contribution is 0.00578. The van der Waals surface area contributed by atoms with Crippen LogP contribution < -0.4 is 5.46 Å². The van der Waals surface area contributed by atoms with Crippen LogP contribution in [-0.4, -0.2) is 18.3 Å². The molecule has 2 heterocycles. The predicted octanol–water partition coefficient (Wildman–Crippen LogP) is 6.37. The van der Waals surface area contributed by atoms with Gasteiger partial charge in [0.2, 0.25) is 0 Å². The zero-order valence-corrected chi connectivity index (χ0v) is 18.7. The molecule has 3 aromatic carbocycles. The molecule has 0 unspecified atom stereocenters. The van der Waals surface area contributed by atoms with Gasteiger partial charge in [-0.3, -0.25) is 0 Å². The molecule has 4 aromatic rings. The molecule has 1 fully saturated rings. The van der Waals surface area contributed by atoms with Gasteiger partial charge in [0, 0.05) is 22.1 Å². The van der Waals surface area contributed by atoms with Gasteiger partial charge in [-0.05, 0) is 45.6 Å². The fourth-order valence-electron chi connectivity index (χ4n) is 4.15. The maximum Gasteiger partial charge on any atom is 0.494 e. The van der Waals surface area contributed by atoms with Crippen LogP contribution in [0.3, 0.4) is 0 Å². The van der Waals surface area contributed by atoms with Gasteiger partial charge >= 0.3 is 7.12 Å². The number of benzene rings is 3. The van der Waals surface area contributed by atoms with E-state index in [0.29, 0.717) is 0 Å². The third-order valence-corrected chi connectivity index (χ3v) is 6.71. The Kier molecular flexibility index (Phi) is 4.61. The van der Waals surface area contributed by atoms with Gasteiger partial charge in [0.15, 0.2) is 0 Å². The van der Waals surface area contributed by atoms with Gasteiger partial charge < -0.3 is 13.7 Å². The fraction of sp³-hybridized carbons (Fsp3) is 0.259. The molecule has 0 amide bonds. The Morgan fingerprint density at radius 2 is 1.26 bits per heavy atom. The van der Waals surface area contributed by atoms with E-state index in [9.17, 15) is 0 Å². The smallest absolute Gasteiger partial charge is 0.455 e. The second-order valence-electron chi connectivity index (χ2n) is 9.32. The Morgan fingerprint density at radius 1 is 0.710 bits per heavy atom. The summed E-state index contributed by atoms with van der Waals surface area (Å²) in [7, 11) is -0.425. The van der Waals surface area contributed by atoms with Crippen molar-refractivity contribution in [2.45, 2.75) is 45.8 Å². The largest absolute Gasteiger partial charge is 0.494 e. The minimum absolute atomic E-state index is 0.389. The first kappa shape index (κ1) is 20.1. The van der Waals surface area contributed by atoms with Crippen LogP contribution >= 0.6 is 0 Å². The number of aryl methyl sites for hydroxylation is 1. The average molecular weight is 410 g/mol. The zero-order chi connectivity index (χ0) is 21.8.